The molecule has 25 heavy (non-hydrogen) atoms. The van der Waals surface area contributed by atoms with Gasteiger partial charge in [0.25, 0.3) is 0 Å². The molecule has 0 aromatic carbocycles. The highest BCUT2D eigenvalue weighted by Crippen LogP contribution is 2.15. The summed E-state index contributed by atoms with van der Waals surface area (Å²) in [4.78, 5) is 9.85. The fraction of sp³-hybridized carbons (Fsp3) is 0.947. The van der Waals surface area contributed by atoms with E-state index >= 15 is 0 Å². The number of guanidine groups is 1. The minimum Gasteiger partial charge on any atom is -0.357 e. The summed E-state index contributed by atoms with van der Waals surface area (Å²) >= 11 is 0. The van der Waals surface area contributed by atoms with Crippen molar-refractivity contribution in [2.75, 3.05) is 52.4 Å². The zero-order chi connectivity index (χ0) is 17.8. The van der Waals surface area contributed by atoms with E-state index in [4.69, 9.17) is 4.99 Å². The predicted octanol–water partition coefficient (Wildman–Crippen LogP) is 3.01. The van der Waals surface area contributed by atoms with Crippen molar-refractivity contribution < 1.29 is 0 Å². The van der Waals surface area contributed by atoms with E-state index in [1.165, 1.54) is 45.4 Å². The first-order chi connectivity index (χ1) is 11.6. The topological polar surface area (TPSA) is 42.9 Å². The SMILES string of the molecule is CCNC(=NCC1CCN(CC)C1)NC(C)CCCN(CC)CC.I. The van der Waals surface area contributed by atoms with Gasteiger partial charge in [-0.2, -0.15) is 0 Å². The Morgan fingerprint density at radius 3 is 2.52 bits per heavy atom. The Labute approximate surface area is 173 Å². The van der Waals surface area contributed by atoms with E-state index in [2.05, 4.69) is 55.1 Å². The second-order valence-electron chi connectivity index (χ2n) is 6.98. The molecule has 2 N–H and O–H groups in total. The summed E-state index contributed by atoms with van der Waals surface area (Å²) in [6.45, 7) is 20.1. The maximum absolute atomic E-state index is 4.84. The van der Waals surface area contributed by atoms with Crippen LogP contribution >= 0.6 is 24.0 Å². The average Bonchev–Trinajstić information content (AvgIpc) is 3.05. The smallest absolute Gasteiger partial charge is 0.191 e. The van der Waals surface area contributed by atoms with Gasteiger partial charge in [-0.25, -0.2) is 0 Å². The number of nitrogens with zero attached hydrogens (tertiary/aromatic N) is 3. The summed E-state index contributed by atoms with van der Waals surface area (Å²) in [5, 5.41) is 6.98. The van der Waals surface area contributed by atoms with Crippen molar-refractivity contribution in [2.45, 2.75) is 59.9 Å². The highest BCUT2D eigenvalue weighted by atomic mass is 127. The standard InChI is InChI=1S/C19H41N5.HI/c1-6-20-19(21-15-18-12-14-24(9-4)16-18)22-17(5)11-10-13-23(7-2)8-3;/h17-18H,6-16H2,1-5H3,(H2,20,21,22);1H. The van der Waals surface area contributed by atoms with Gasteiger partial charge in [-0.3, -0.25) is 4.99 Å². The summed E-state index contributed by atoms with van der Waals surface area (Å²) < 4.78 is 0. The number of nitrogens with one attached hydrogen (secondary N) is 2. The van der Waals surface area contributed by atoms with E-state index in [9.17, 15) is 0 Å². The quantitative estimate of drug-likeness (QED) is 0.279. The number of hydrogen-bond acceptors (Lipinski definition) is 3. The van der Waals surface area contributed by atoms with Gasteiger partial charge in [0.05, 0.1) is 0 Å². The summed E-state index contributed by atoms with van der Waals surface area (Å²) in [6.07, 6.45) is 3.72. The Bertz CT molecular complexity index is 347. The third-order valence-corrected chi connectivity index (χ3v) is 5.06. The van der Waals surface area contributed by atoms with Crippen molar-refractivity contribution >= 4 is 29.9 Å². The van der Waals surface area contributed by atoms with Crippen molar-refractivity contribution in [2.24, 2.45) is 10.9 Å². The summed E-state index contributed by atoms with van der Waals surface area (Å²) in [6, 6.07) is 0.467. The van der Waals surface area contributed by atoms with Crippen LogP contribution in [0.25, 0.3) is 0 Å². The van der Waals surface area contributed by atoms with Crippen LogP contribution in [0.2, 0.25) is 0 Å². The molecule has 0 aromatic heterocycles. The second-order valence-corrected chi connectivity index (χ2v) is 6.98. The van der Waals surface area contributed by atoms with Crippen LogP contribution in [0.15, 0.2) is 4.99 Å². The molecule has 1 aliphatic rings. The summed E-state index contributed by atoms with van der Waals surface area (Å²) in [7, 11) is 0. The van der Waals surface area contributed by atoms with Gasteiger partial charge in [0, 0.05) is 25.7 Å². The first kappa shape index (κ1) is 24.9. The fourth-order valence-corrected chi connectivity index (χ4v) is 3.36. The van der Waals surface area contributed by atoms with Gasteiger partial charge in [0.15, 0.2) is 5.96 Å². The predicted molar refractivity (Wildman–Crippen MR) is 121 cm³/mol. The average molecular weight is 467 g/mol. The number of aliphatic imine (C=N–C) groups is 1. The van der Waals surface area contributed by atoms with Gasteiger partial charge in [0.1, 0.15) is 0 Å². The van der Waals surface area contributed by atoms with E-state index in [-0.39, 0.29) is 24.0 Å². The first-order valence-corrected chi connectivity index (χ1v) is 10.1. The molecule has 0 aliphatic carbocycles. The molecule has 0 radical (unpaired) electrons. The Balaban J connectivity index is 0.00000576. The normalized spacial score (nSPS) is 19.8. The highest BCUT2D eigenvalue weighted by molar-refractivity contribution is 14.0. The minimum atomic E-state index is 0. The lowest BCUT2D eigenvalue weighted by Crippen LogP contribution is -2.42. The molecule has 150 valence electrons. The van der Waals surface area contributed by atoms with Gasteiger partial charge < -0.3 is 20.4 Å². The lowest BCUT2D eigenvalue weighted by atomic mass is 10.1. The van der Waals surface area contributed by atoms with Crippen LogP contribution in [0.3, 0.4) is 0 Å². The van der Waals surface area contributed by atoms with Crippen molar-refractivity contribution in [1.82, 2.24) is 20.4 Å². The van der Waals surface area contributed by atoms with Crippen LogP contribution in [0.4, 0.5) is 0 Å². The monoisotopic (exact) mass is 467 g/mol. The van der Waals surface area contributed by atoms with Crippen LogP contribution in [-0.4, -0.2) is 74.2 Å². The van der Waals surface area contributed by atoms with E-state index < -0.39 is 0 Å². The van der Waals surface area contributed by atoms with Crippen molar-refractivity contribution in [3.05, 3.63) is 0 Å². The molecule has 0 spiro atoms. The van der Waals surface area contributed by atoms with Crippen molar-refractivity contribution in [1.29, 1.82) is 0 Å². The van der Waals surface area contributed by atoms with Crippen molar-refractivity contribution in [3.63, 3.8) is 0 Å². The van der Waals surface area contributed by atoms with E-state index in [1.807, 2.05) is 0 Å². The van der Waals surface area contributed by atoms with Crippen molar-refractivity contribution in [3.8, 4) is 0 Å². The third kappa shape index (κ3) is 10.6. The summed E-state index contributed by atoms with van der Waals surface area (Å²) in [5.74, 6) is 1.71. The molecule has 0 saturated carbocycles. The van der Waals surface area contributed by atoms with Crippen LogP contribution in [-0.2, 0) is 0 Å². The molecule has 1 aliphatic heterocycles. The van der Waals surface area contributed by atoms with Crippen LogP contribution in [0, 0.1) is 5.92 Å². The highest BCUT2D eigenvalue weighted by Gasteiger charge is 2.20. The van der Waals surface area contributed by atoms with Crippen LogP contribution in [0.1, 0.15) is 53.9 Å². The zero-order valence-electron chi connectivity index (χ0n) is 17.2. The second kappa shape index (κ2) is 15.0. The van der Waals surface area contributed by atoms with E-state index in [1.54, 1.807) is 0 Å². The van der Waals surface area contributed by atoms with E-state index in [0.717, 1.165) is 38.1 Å². The molecule has 5 nitrogen and oxygen atoms in total. The van der Waals surface area contributed by atoms with Gasteiger partial charge in [-0.1, -0.05) is 20.8 Å². The van der Waals surface area contributed by atoms with Gasteiger partial charge in [0.2, 0.25) is 0 Å². The summed E-state index contributed by atoms with van der Waals surface area (Å²) in [5.41, 5.74) is 0. The number of likely N-dealkylation sites (tertiary alicyclic amines) is 1. The molecule has 1 saturated heterocycles. The maximum Gasteiger partial charge on any atom is 0.191 e. The Hall–Kier alpha value is -0.0800. The fourth-order valence-electron chi connectivity index (χ4n) is 3.36. The molecule has 1 fully saturated rings. The Morgan fingerprint density at radius 2 is 1.96 bits per heavy atom. The molecular weight excluding hydrogens is 425 g/mol. The Kier molecular flexibility index (Phi) is 15.0. The molecule has 0 amide bonds. The minimum absolute atomic E-state index is 0. The van der Waals surface area contributed by atoms with Gasteiger partial charge in [-0.05, 0) is 71.8 Å². The third-order valence-electron chi connectivity index (χ3n) is 5.06. The number of halogens is 1. The molecule has 0 bridgehead atoms. The lowest BCUT2D eigenvalue weighted by Gasteiger charge is -2.21. The number of rotatable bonds is 11. The Morgan fingerprint density at radius 1 is 1.24 bits per heavy atom. The molecule has 2 atom stereocenters. The van der Waals surface area contributed by atoms with E-state index in [0.29, 0.717) is 6.04 Å². The molecule has 0 aromatic rings. The lowest BCUT2D eigenvalue weighted by molar-refractivity contribution is 0.292. The molecule has 2 unspecified atom stereocenters. The maximum atomic E-state index is 4.84. The molecule has 6 heteroatoms. The van der Waals surface area contributed by atoms with Gasteiger partial charge in [-0.15, -0.1) is 24.0 Å². The van der Waals surface area contributed by atoms with Crippen LogP contribution < -0.4 is 10.6 Å². The first-order valence-electron chi connectivity index (χ1n) is 10.1. The van der Waals surface area contributed by atoms with Gasteiger partial charge >= 0.3 is 0 Å². The van der Waals surface area contributed by atoms with Crippen LogP contribution in [0.5, 0.6) is 0 Å². The molecule has 1 rings (SSSR count). The number of hydrogen-bond donors (Lipinski definition) is 2. The molecule has 1 heterocycles. The molecular formula is C19H42IN5. The zero-order valence-corrected chi connectivity index (χ0v) is 19.5. The largest absolute Gasteiger partial charge is 0.357 e.